The third-order valence-corrected chi connectivity index (χ3v) is 1.55. The van der Waals surface area contributed by atoms with Crippen LogP contribution in [0, 0.1) is 5.92 Å². The van der Waals surface area contributed by atoms with Crippen LogP contribution in [-0.4, -0.2) is 18.9 Å². The summed E-state index contributed by atoms with van der Waals surface area (Å²) in [5.74, 6) is 0.817. The molecular weight excluding hydrogens is 174 g/mol. The number of carbonyl (C=O) groups excluding carboxylic acids is 1. The van der Waals surface area contributed by atoms with Crippen molar-refractivity contribution in [3.8, 4) is 0 Å². The highest BCUT2D eigenvalue weighted by Crippen LogP contribution is 2.04. The quantitative estimate of drug-likeness (QED) is 0.760. The summed E-state index contributed by atoms with van der Waals surface area (Å²) in [5, 5.41) is 2.98. The molecule has 1 unspecified atom stereocenters. The Morgan fingerprint density at radius 2 is 1.50 bits per heavy atom. The summed E-state index contributed by atoms with van der Waals surface area (Å²) in [5.41, 5.74) is 0. The maximum Gasteiger partial charge on any atom is 0.146 e. The van der Waals surface area contributed by atoms with Crippen LogP contribution in [0.4, 0.5) is 0 Å². The Bertz CT molecular complexity index is 111. The number of ketones is 1. The molecule has 0 amide bonds. The molecule has 0 saturated carbocycles. The van der Waals surface area contributed by atoms with Gasteiger partial charge in [-0.3, -0.25) is 4.79 Å². The van der Waals surface area contributed by atoms with E-state index in [1.165, 1.54) is 0 Å². The number of hydrogen-bond donors (Lipinski definition) is 1. The van der Waals surface area contributed by atoms with E-state index in [1.807, 2.05) is 34.7 Å². The molecule has 0 aliphatic rings. The van der Waals surface area contributed by atoms with Gasteiger partial charge in [0.05, 0.1) is 6.04 Å². The second-order valence-electron chi connectivity index (χ2n) is 3.08. The monoisotopic (exact) mass is 203 g/mol. The Morgan fingerprint density at radius 1 is 1.14 bits per heavy atom. The van der Waals surface area contributed by atoms with Crippen LogP contribution < -0.4 is 5.32 Å². The van der Waals surface area contributed by atoms with Gasteiger partial charge >= 0.3 is 0 Å². The van der Waals surface area contributed by atoms with Gasteiger partial charge in [-0.1, -0.05) is 41.5 Å². The van der Waals surface area contributed by atoms with E-state index >= 15 is 0 Å². The zero-order valence-corrected chi connectivity index (χ0v) is 11.3. The first kappa shape index (κ1) is 19.2. The highest BCUT2D eigenvalue weighted by Gasteiger charge is 2.12. The summed E-state index contributed by atoms with van der Waals surface area (Å²) in [7, 11) is 1.83. The van der Waals surface area contributed by atoms with Gasteiger partial charge in [0.25, 0.3) is 0 Å². The zero-order valence-electron chi connectivity index (χ0n) is 11.3. The van der Waals surface area contributed by atoms with Crippen molar-refractivity contribution in [1.82, 2.24) is 5.32 Å². The van der Waals surface area contributed by atoms with Crippen LogP contribution in [0.5, 0.6) is 0 Å². The summed E-state index contributed by atoms with van der Waals surface area (Å²) < 4.78 is 0. The van der Waals surface area contributed by atoms with E-state index in [4.69, 9.17) is 0 Å². The van der Waals surface area contributed by atoms with Gasteiger partial charge in [-0.25, -0.2) is 0 Å². The second-order valence-corrected chi connectivity index (χ2v) is 3.08. The van der Waals surface area contributed by atoms with Gasteiger partial charge in [0.1, 0.15) is 5.78 Å². The molecule has 0 aromatic rings. The fourth-order valence-electron chi connectivity index (χ4n) is 0.958. The zero-order chi connectivity index (χ0) is 12.1. The maximum atomic E-state index is 10.8. The van der Waals surface area contributed by atoms with Crippen LogP contribution >= 0.6 is 0 Å². The van der Waals surface area contributed by atoms with E-state index in [1.54, 1.807) is 6.92 Å². The predicted octanol–water partition coefficient (Wildman–Crippen LogP) is 3.26. The molecule has 0 fully saturated rings. The summed E-state index contributed by atoms with van der Waals surface area (Å²) in [6.45, 7) is 13.9. The summed E-state index contributed by atoms with van der Waals surface area (Å²) in [4.78, 5) is 10.8. The third kappa shape index (κ3) is 14.2. The molecular formula is C12H29NO. The molecule has 0 aromatic carbocycles. The Morgan fingerprint density at radius 3 is 1.57 bits per heavy atom. The lowest BCUT2D eigenvalue weighted by Gasteiger charge is -2.14. The molecule has 0 spiro atoms. The second kappa shape index (κ2) is 15.1. The number of Topliss-reactive ketones (excluding diaryl/α,β-unsaturated/α-hetero) is 1. The van der Waals surface area contributed by atoms with Crippen molar-refractivity contribution in [2.45, 2.75) is 60.9 Å². The van der Waals surface area contributed by atoms with E-state index in [0.717, 1.165) is 6.42 Å². The van der Waals surface area contributed by atoms with Crippen LogP contribution in [0.1, 0.15) is 54.9 Å². The van der Waals surface area contributed by atoms with Crippen molar-refractivity contribution in [3.05, 3.63) is 0 Å². The molecule has 2 nitrogen and oxygen atoms in total. The average Bonchev–Trinajstić information content (AvgIpc) is 2.19. The number of carbonyl (C=O) groups is 1. The van der Waals surface area contributed by atoms with Gasteiger partial charge < -0.3 is 5.32 Å². The molecule has 0 saturated heterocycles. The van der Waals surface area contributed by atoms with Gasteiger partial charge in [0.2, 0.25) is 0 Å². The first-order valence-electron chi connectivity index (χ1n) is 5.75. The van der Waals surface area contributed by atoms with Gasteiger partial charge in [0, 0.05) is 0 Å². The molecule has 0 bridgehead atoms. The lowest BCUT2D eigenvalue weighted by Crippen LogP contribution is -2.33. The molecule has 1 N–H and O–H groups in total. The van der Waals surface area contributed by atoms with Gasteiger partial charge in [0.15, 0.2) is 0 Å². The van der Waals surface area contributed by atoms with Crippen molar-refractivity contribution in [1.29, 1.82) is 0 Å². The summed E-state index contributed by atoms with van der Waals surface area (Å²) >= 11 is 0. The van der Waals surface area contributed by atoms with Crippen LogP contribution in [-0.2, 0) is 4.79 Å². The smallest absolute Gasteiger partial charge is 0.146 e. The molecule has 88 valence electrons. The summed E-state index contributed by atoms with van der Waals surface area (Å²) in [6.07, 6.45) is 0.936. The molecule has 0 aliphatic carbocycles. The topological polar surface area (TPSA) is 29.1 Å². The molecule has 0 radical (unpaired) electrons. The fourth-order valence-corrected chi connectivity index (χ4v) is 0.958. The van der Waals surface area contributed by atoms with Crippen molar-refractivity contribution in [2.24, 2.45) is 5.92 Å². The first-order chi connectivity index (χ1) is 6.57. The number of likely N-dealkylation sites (N-methyl/N-ethyl adjacent to an activating group) is 1. The third-order valence-electron chi connectivity index (χ3n) is 1.55. The van der Waals surface area contributed by atoms with Crippen molar-refractivity contribution < 1.29 is 4.79 Å². The molecule has 0 rings (SSSR count). The Hall–Kier alpha value is -0.370. The van der Waals surface area contributed by atoms with Gasteiger partial charge in [-0.2, -0.15) is 0 Å². The lowest BCUT2D eigenvalue weighted by molar-refractivity contribution is -0.119. The minimum absolute atomic E-state index is 0.0556. The Kier molecular flexibility index (Phi) is 20.8. The van der Waals surface area contributed by atoms with Gasteiger partial charge in [-0.05, 0) is 26.3 Å². The molecule has 1 atom stereocenters. The Balaban J connectivity index is -0.000000266. The molecule has 0 aliphatic heterocycles. The predicted molar refractivity (Wildman–Crippen MR) is 65.7 cm³/mol. The Labute approximate surface area is 90.5 Å². The number of nitrogens with one attached hydrogen (secondary N) is 1. The number of rotatable bonds is 4. The molecule has 2 heteroatoms. The largest absolute Gasteiger partial charge is 0.311 e. The lowest BCUT2D eigenvalue weighted by atomic mass is 10.0. The van der Waals surface area contributed by atoms with Crippen molar-refractivity contribution in [2.75, 3.05) is 7.05 Å². The average molecular weight is 203 g/mol. The van der Waals surface area contributed by atoms with Crippen LogP contribution in [0.25, 0.3) is 0 Å². The van der Waals surface area contributed by atoms with Crippen LogP contribution in [0.2, 0.25) is 0 Å². The maximum absolute atomic E-state index is 10.8. The number of hydrogen-bond acceptors (Lipinski definition) is 2. The fraction of sp³-hybridized carbons (Fsp3) is 0.917. The minimum atomic E-state index is 0.0556. The molecule has 14 heavy (non-hydrogen) atoms. The SMILES string of the molecule is CC.CC.CNC(CC(C)C)C(C)=O. The van der Waals surface area contributed by atoms with E-state index in [2.05, 4.69) is 19.2 Å². The standard InChI is InChI=1S/C8H17NO.2C2H6/c1-6(2)5-8(9-4)7(3)10;2*1-2/h6,8-9H,5H2,1-4H3;2*1-2H3. The van der Waals surface area contributed by atoms with Crippen LogP contribution in [0.3, 0.4) is 0 Å². The van der Waals surface area contributed by atoms with Gasteiger partial charge in [-0.15, -0.1) is 0 Å². The van der Waals surface area contributed by atoms with E-state index in [-0.39, 0.29) is 11.8 Å². The highest BCUT2D eigenvalue weighted by atomic mass is 16.1. The molecule has 0 heterocycles. The first-order valence-corrected chi connectivity index (χ1v) is 5.75. The van der Waals surface area contributed by atoms with Crippen LogP contribution in [0.15, 0.2) is 0 Å². The van der Waals surface area contributed by atoms with E-state index in [9.17, 15) is 4.79 Å². The highest BCUT2D eigenvalue weighted by molar-refractivity contribution is 5.81. The van der Waals surface area contributed by atoms with E-state index < -0.39 is 0 Å². The normalized spacial score (nSPS) is 10.6. The minimum Gasteiger partial charge on any atom is -0.311 e. The van der Waals surface area contributed by atoms with E-state index in [0.29, 0.717) is 5.92 Å². The van der Waals surface area contributed by atoms with Crippen molar-refractivity contribution in [3.63, 3.8) is 0 Å². The van der Waals surface area contributed by atoms with Crippen molar-refractivity contribution >= 4 is 5.78 Å². The molecule has 0 aromatic heterocycles. The summed E-state index contributed by atoms with van der Waals surface area (Å²) in [6, 6.07) is 0.0556.